The van der Waals surface area contributed by atoms with Gasteiger partial charge in [-0.05, 0) is 20.8 Å². The Hall–Kier alpha value is -1.86. The fraction of sp³-hybridized carbons (Fsp3) is 0.647. The molecule has 0 unspecified atom stereocenters. The lowest BCUT2D eigenvalue weighted by Gasteiger charge is -2.35. The van der Waals surface area contributed by atoms with Gasteiger partial charge in [-0.15, -0.1) is 0 Å². The summed E-state index contributed by atoms with van der Waals surface area (Å²) in [5.41, 5.74) is 0.710. The largest absolute Gasteiger partial charge is 0.444 e. The standard InChI is InChI=1S/C17H29N5O2/c1-5-22-14-15(13-19-22)12-18-6-7-20-8-10-21(11-9-20)16(23)24-17(2,3)4/h5,13-14,18H,1,6-12H2,2-4H3. The molecule has 1 N–H and O–H groups in total. The fourth-order valence-electron chi connectivity index (χ4n) is 2.52. The number of amides is 1. The first-order valence-electron chi connectivity index (χ1n) is 8.44. The Morgan fingerprint density at radius 2 is 2.08 bits per heavy atom. The minimum absolute atomic E-state index is 0.209. The summed E-state index contributed by atoms with van der Waals surface area (Å²) < 4.78 is 7.11. The molecule has 1 aliphatic heterocycles. The highest BCUT2D eigenvalue weighted by molar-refractivity contribution is 5.68. The van der Waals surface area contributed by atoms with Crippen LogP contribution in [0.15, 0.2) is 19.0 Å². The molecule has 0 radical (unpaired) electrons. The van der Waals surface area contributed by atoms with E-state index in [2.05, 4.69) is 21.9 Å². The summed E-state index contributed by atoms with van der Waals surface area (Å²) >= 11 is 0. The predicted molar refractivity (Wildman–Crippen MR) is 94.6 cm³/mol. The number of carbonyl (C=O) groups is 1. The smallest absolute Gasteiger partial charge is 0.410 e. The van der Waals surface area contributed by atoms with Crippen molar-refractivity contribution in [3.8, 4) is 0 Å². The second-order valence-corrected chi connectivity index (χ2v) is 7.00. The number of hydrogen-bond donors (Lipinski definition) is 1. The maximum absolute atomic E-state index is 12.0. The number of ether oxygens (including phenoxy) is 1. The van der Waals surface area contributed by atoms with Crippen LogP contribution >= 0.6 is 0 Å². The van der Waals surface area contributed by atoms with Crippen molar-refractivity contribution in [3.05, 3.63) is 24.5 Å². The third-order valence-electron chi connectivity index (χ3n) is 3.80. The number of nitrogens with zero attached hydrogens (tertiary/aromatic N) is 4. The molecule has 1 amide bonds. The highest BCUT2D eigenvalue weighted by atomic mass is 16.6. The minimum atomic E-state index is -0.433. The van der Waals surface area contributed by atoms with Gasteiger partial charge >= 0.3 is 6.09 Å². The van der Waals surface area contributed by atoms with Crippen molar-refractivity contribution < 1.29 is 9.53 Å². The van der Waals surface area contributed by atoms with Crippen LogP contribution in [-0.4, -0.2) is 70.5 Å². The Labute approximate surface area is 144 Å². The predicted octanol–water partition coefficient (Wildman–Crippen LogP) is 1.63. The Bertz CT molecular complexity index is 541. The van der Waals surface area contributed by atoms with Crippen molar-refractivity contribution in [3.63, 3.8) is 0 Å². The molecule has 7 nitrogen and oxygen atoms in total. The molecule has 24 heavy (non-hydrogen) atoms. The van der Waals surface area contributed by atoms with E-state index in [1.165, 1.54) is 0 Å². The molecule has 0 aliphatic carbocycles. The molecule has 1 fully saturated rings. The normalized spacial score (nSPS) is 16.2. The molecule has 0 spiro atoms. The monoisotopic (exact) mass is 335 g/mol. The van der Waals surface area contributed by atoms with Crippen LogP contribution in [0.5, 0.6) is 0 Å². The summed E-state index contributed by atoms with van der Waals surface area (Å²) in [6.45, 7) is 15.3. The van der Waals surface area contributed by atoms with Gasteiger partial charge in [0.15, 0.2) is 0 Å². The highest BCUT2D eigenvalue weighted by Crippen LogP contribution is 2.11. The van der Waals surface area contributed by atoms with Gasteiger partial charge in [0.05, 0.1) is 6.20 Å². The third kappa shape index (κ3) is 5.98. The maximum Gasteiger partial charge on any atom is 0.410 e. The average Bonchev–Trinajstić information content (AvgIpc) is 2.98. The van der Waals surface area contributed by atoms with Gasteiger partial charge in [0.25, 0.3) is 0 Å². The van der Waals surface area contributed by atoms with Crippen molar-refractivity contribution in [1.29, 1.82) is 0 Å². The third-order valence-corrected chi connectivity index (χ3v) is 3.80. The Kier molecular flexibility index (Phi) is 6.39. The van der Waals surface area contributed by atoms with E-state index >= 15 is 0 Å². The van der Waals surface area contributed by atoms with Gasteiger partial charge < -0.3 is 15.0 Å². The van der Waals surface area contributed by atoms with Crippen molar-refractivity contribution >= 4 is 12.3 Å². The maximum atomic E-state index is 12.0. The lowest BCUT2D eigenvalue weighted by Crippen LogP contribution is -2.51. The zero-order valence-corrected chi connectivity index (χ0v) is 15.0. The first-order chi connectivity index (χ1) is 11.4. The molecular weight excluding hydrogens is 306 g/mol. The van der Waals surface area contributed by atoms with Gasteiger partial charge in [-0.2, -0.15) is 5.10 Å². The molecule has 7 heteroatoms. The highest BCUT2D eigenvalue weighted by Gasteiger charge is 2.25. The SMILES string of the molecule is C=Cn1cc(CNCCN2CCN(C(=O)OC(C)(C)C)CC2)cn1. The first kappa shape index (κ1) is 18.5. The van der Waals surface area contributed by atoms with E-state index in [9.17, 15) is 4.79 Å². The van der Waals surface area contributed by atoms with Crippen LogP contribution in [0, 0.1) is 0 Å². The lowest BCUT2D eigenvalue weighted by molar-refractivity contribution is 0.0146. The van der Waals surface area contributed by atoms with E-state index in [0.717, 1.165) is 51.4 Å². The van der Waals surface area contributed by atoms with E-state index in [-0.39, 0.29) is 6.09 Å². The van der Waals surface area contributed by atoms with Gasteiger partial charge in [0.2, 0.25) is 0 Å². The van der Waals surface area contributed by atoms with Crippen LogP contribution in [0.1, 0.15) is 26.3 Å². The van der Waals surface area contributed by atoms with Crippen LogP contribution in [0.4, 0.5) is 4.79 Å². The van der Waals surface area contributed by atoms with E-state index in [1.54, 1.807) is 15.8 Å². The summed E-state index contributed by atoms with van der Waals surface area (Å²) in [5, 5.41) is 7.57. The number of piperazine rings is 1. The second kappa shape index (κ2) is 8.30. The molecule has 0 aromatic carbocycles. The molecule has 2 heterocycles. The first-order valence-corrected chi connectivity index (χ1v) is 8.44. The van der Waals surface area contributed by atoms with E-state index in [0.29, 0.717) is 0 Å². The van der Waals surface area contributed by atoms with Crippen LogP contribution in [0.2, 0.25) is 0 Å². The molecule has 1 saturated heterocycles. The van der Waals surface area contributed by atoms with E-state index < -0.39 is 5.60 Å². The average molecular weight is 335 g/mol. The summed E-state index contributed by atoms with van der Waals surface area (Å²) in [4.78, 5) is 16.2. The van der Waals surface area contributed by atoms with Gasteiger partial charge in [-0.25, -0.2) is 9.48 Å². The molecule has 0 atom stereocenters. The molecule has 1 aromatic heterocycles. The van der Waals surface area contributed by atoms with Gasteiger partial charge in [0.1, 0.15) is 5.60 Å². The molecule has 0 bridgehead atoms. The zero-order valence-electron chi connectivity index (χ0n) is 15.0. The number of nitrogens with one attached hydrogen (secondary N) is 1. The number of aromatic nitrogens is 2. The molecule has 2 rings (SSSR count). The molecular formula is C17H29N5O2. The summed E-state index contributed by atoms with van der Waals surface area (Å²) in [6, 6.07) is 0. The zero-order chi connectivity index (χ0) is 17.6. The van der Waals surface area contributed by atoms with Gasteiger partial charge in [-0.1, -0.05) is 6.58 Å². The number of hydrogen-bond acceptors (Lipinski definition) is 5. The minimum Gasteiger partial charge on any atom is -0.444 e. The van der Waals surface area contributed by atoms with Gasteiger partial charge in [0, 0.05) is 63.8 Å². The topological polar surface area (TPSA) is 62.6 Å². The molecule has 1 aliphatic rings. The summed E-state index contributed by atoms with van der Waals surface area (Å²) in [5.74, 6) is 0. The molecule has 1 aromatic rings. The summed E-state index contributed by atoms with van der Waals surface area (Å²) in [7, 11) is 0. The Balaban J connectivity index is 1.61. The van der Waals surface area contributed by atoms with Crippen molar-refractivity contribution in [2.45, 2.75) is 32.9 Å². The Morgan fingerprint density at radius 1 is 1.38 bits per heavy atom. The van der Waals surface area contributed by atoms with Crippen LogP contribution in [0.3, 0.4) is 0 Å². The summed E-state index contributed by atoms with van der Waals surface area (Å²) in [6.07, 6.45) is 5.26. The number of rotatable bonds is 6. The second-order valence-electron chi connectivity index (χ2n) is 7.00. The number of carbonyl (C=O) groups excluding carboxylic acids is 1. The van der Waals surface area contributed by atoms with Crippen LogP contribution < -0.4 is 5.32 Å². The molecule has 134 valence electrons. The fourth-order valence-corrected chi connectivity index (χ4v) is 2.52. The quantitative estimate of drug-likeness (QED) is 0.801. The molecule has 0 saturated carbocycles. The van der Waals surface area contributed by atoms with Crippen LogP contribution in [0.25, 0.3) is 6.20 Å². The van der Waals surface area contributed by atoms with Crippen LogP contribution in [-0.2, 0) is 11.3 Å². The Morgan fingerprint density at radius 3 is 2.67 bits per heavy atom. The van der Waals surface area contributed by atoms with Crippen molar-refractivity contribution in [2.75, 3.05) is 39.3 Å². The van der Waals surface area contributed by atoms with Gasteiger partial charge in [-0.3, -0.25) is 4.90 Å². The van der Waals surface area contributed by atoms with Crippen molar-refractivity contribution in [1.82, 2.24) is 24.9 Å². The lowest BCUT2D eigenvalue weighted by atomic mass is 10.2. The van der Waals surface area contributed by atoms with Crippen molar-refractivity contribution in [2.24, 2.45) is 0 Å². The van der Waals surface area contributed by atoms with E-state index in [1.807, 2.05) is 33.2 Å². The van der Waals surface area contributed by atoms with E-state index in [4.69, 9.17) is 4.74 Å².